The lowest BCUT2D eigenvalue weighted by molar-refractivity contribution is 0.0979. The van der Waals surface area contributed by atoms with Gasteiger partial charge < -0.3 is 0 Å². The fourth-order valence-corrected chi connectivity index (χ4v) is 2.06. The number of carbonyl (C=O) groups is 1. The first-order valence-electron chi connectivity index (χ1n) is 5.59. The van der Waals surface area contributed by atoms with Crippen LogP contribution in [0.2, 0.25) is 0 Å². The van der Waals surface area contributed by atoms with Crippen molar-refractivity contribution in [1.29, 1.82) is 0 Å². The van der Waals surface area contributed by atoms with E-state index in [0.717, 1.165) is 40.7 Å². The molecule has 16 heavy (non-hydrogen) atoms. The first-order valence-corrected chi connectivity index (χ1v) is 7.20. The summed E-state index contributed by atoms with van der Waals surface area (Å²) >= 11 is 7.83. The molecule has 0 amide bonds. The van der Waals surface area contributed by atoms with E-state index in [4.69, 9.17) is 11.6 Å². The number of Topliss-reactive ketones (excluding diaryl/α,β-unsaturated/α-hetero) is 1. The van der Waals surface area contributed by atoms with E-state index in [1.807, 2.05) is 24.3 Å². The lowest BCUT2D eigenvalue weighted by Crippen LogP contribution is -1.98. The van der Waals surface area contributed by atoms with Crippen LogP contribution < -0.4 is 0 Å². The summed E-state index contributed by atoms with van der Waals surface area (Å²) in [6.07, 6.45) is 4.91. The monoisotopic (exact) mass is 350 g/mol. The third-order valence-electron chi connectivity index (χ3n) is 2.45. The number of hydrogen-bond donors (Lipinski definition) is 0. The van der Waals surface area contributed by atoms with Crippen molar-refractivity contribution in [3.05, 3.63) is 33.4 Å². The van der Waals surface area contributed by atoms with E-state index < -0.39 is 0 Å². The summed E-state index contributed by atoms with van der Waals surface area (Å²) in [5.74, 6) is 0.979. The molecule has 1 rings (SSSR count). The third-order valence-corrected chi connectivity index (χ3v) is 3.44. The van der Waals surface area contributed by atoms with Gasteiger partial charge in [0, 0.05) is 21.4 Å². The predicted molar refractivity (Wildman–Crippen MR) is 77.3 cm³/mol. The van der Waals surface area contributed by atoms with Crippen molar-refractivity contribution in [2.75, 3.05) is 5.88 Å². The number of alkyl halides is 1. The molecule has 0 aromatic heterocycles. The molecule has 0 bridgehead atoms. The van der Waals surface area contributed by atoms with Gasteiger partial charge in [-0.1, -0.05) is 25.0 Å². The van der Waals surface area contributed by atoms with Gasteiger partial charge in [-0.3, -0.25) is 4.79 Å². The molecule has 0 saturated heterocycles. The maximum absolute atomic E-state index is 11.8. The SMILES string of the molecule is O=C(CCCCCCCl)c1ccc(I)cc1. The molecule has 88 valence electrons. The molecule has 0 unspecified atom stereocenters. The Bertz CT molecular complexity index is 321. The minimum atomic E-state index is 0.252. The zero-order valence-electron chi connectivity index (χ0n) is 9.22. The van der Waals surface area contributed by atoms with Crippen LogP contribution in [0, 0.1) is 3.57 Å². The third kappa shape index (κ3) is 5.30. The second kappa shape index (κ2) is 8.07. The van der Waals surface area contributed by atoms with Crippen LogP contribution in [0.1, 0.15) is 42.5 Å². The van der Waals surface area contributed by atoms with Gasteiger partial charge in [0.25, 0.3) is 0 Å². The van der Waals surface area contributed by atoms with Crippen molar-refractivity contribution in [2.45, 2.75) is 32.1 Å². The topological polar surface area (TPSA) is 17.1 Å². The van der Waals surface area contributed by atoms with Crippen molar-refractivity contribution >= 4 is 40.0 Å². The van der Waals surface area contributed by atoms with Gasteiger partial charge in [-0.2, -0.15) is 0 Å². The molecule has 0 spiro atoms. The molecule has 0 heterocycles. The lowest BCUT2D eigenvalue weighted by atomic mass is 10.0. The van der Waals surface area contributed by atoms with Crippen molar-refractivity contribution < 1.29 is 4.79 Å². The van der Waals surface area contributed by atoms with Crippen LogP contribution in [0.5, 0.6) is 0 Å². The molecule has 0 aliphatic carbocycles. The molecule has 0 N–H and O–H groups in total. The molecular formula is C13H16ClIO. The summed E-state index contributed by atoms with van der Waals surface area (Å²) in [6, 6.07) is 7.76. The summed E-state index contributed by atoms with van der Waals surface area (Å²) in [5, 5.41) is 0. The highest BCUT2D eigenvalue weighted by Crippen LogP contribution is 2.11. The van der Waals surface area contributed by atoms with Gasteiger partial charge >= 0.3 is 0 Å². The average molecular weight is 351 g/mol. The molecule has 0 fully saturated rings. The summed E-state index contributed by atoms with van der Waals surface area (Å²) in [6.45, 7) is 0. The van der Waals surface area contributed by atoms with Gasteiger partial charge in [-0.05, 0) is 47.6 Å². The number of rotatable bonds is 7. The molecule has 1 aromatic carbocycles. The minimum Gasteiger partial charge on any atom is -0.294 e. The van der Waals surface area contributed by atoms with E-state index in [-0.39, 0.29) is 5.78 Å². The standard InChI is InChI=1S/C13H16ClIO/c14-10-4-2-1-3-5-13(16)11-6-8-12(15)9-7-11/h6-9H,1-5,10H2. The largest absolute Gasteiger partial charge is 0.294 e. The minimum absolute atomic E-state index is 0.252. The van der Waals surface area contributed by atoms with Crippen LogP contribution in [0.4, 0.5) is 0 Å². The predicted octanol–water partition coefficient (Wildman–Crippen LogP) is 4.66. The van der Waals surface area contributed by atoms with Crippen LogP contribution >= 0.6 is 34.2 Å². The summed E-state index contributed by atoms with van der Waals surface area (Å²) in [4.78, 5) is 11.8. The molecule has 0 atom stereocenters. The maximum atomic E-state index is 11.8. The number of carbonyl (C=O) groups excluding carboxylic acids is 1. The number of halogens is 2. The Labute approximate surface area is 116 Å². The second-order valence-corrected chi connectivity index (χ2v) is 5.41. The van der Waals surface area contributed by atoms with E-state index in [2.05, 4.69) is 22.6 Å². The van der Waals surface area contributed by atoms with Gasteiger partial charge in [0.15, 0.2) is 5.78 Å². The van der Waals surface area contributed by atoms with Crippen molar-refractivity contribution in [3.63, 3.8) is 0 Å². The number of benzene rings is 1. The molecule has 0 aliphatic rings. The highest BCUT2D eigenvalue weighted by Gasteiger charge is 2.04. The van der Waals surface area contributed by atoms with Crippen LogP contribution in [-0.2, 0) is 0 Å². The Hall–Kier alpha value is -0.0900. The summed E-state index contributed by atoms with van der Waals surface area (Å²) in [5.41, 5.74) is 0.831. The van der Waals surface area contributed by atoms with E-state index in [1.54, 1.807) is 0 Å². The molecule has 3 heteroatoms. The van der Waals surface area contributed by atoms with Gasteiger partial charge in [0.1, 0.15) is 0 Å². The molecule has 0 radical (unpaired) electrons. The van der Waals surface area contributed by atoms with Crippen molar-refractivity contribution in [1.82, 2.24) is 0 Å². The zero-order chi connectivity index (χ0) is 11.8. The van der Waals surface area contributed by atoms with E-state index in [0.29, 0.717) is 6.42 Å². The number of unbranched alkanes of at least 4 members (excludes halogenated alkanes) is 3. The lowest BCUT2D eigenvalue weighted by Gasteiger charge is -2.01. The quantitative estimate of drug-likeness (QED) is 0.302. The highest BCUT2D eigenvalue weighted by atomic mass is 127. The van der Waals surface area contributed by atoms with Gasteiger partial charge in [0.05, 0.1) is 0 Å². The maximum Gasteiger partial charge on any atom is 0.162 e. The first kappa shape index (κ1) is 14.0. The Morgan fingerprint density at radius 3 is 2.31 bits per heavy atom. The fourth-order valence-electron chi connectivity index (χ4n) is 1.51. The van der Waals surface area contributed by atoms with E-state index in [9.17, 15) is 4.79 Å². The van der Waals surface area contributed by atoms with Crippen LogP contribution in [0.15, 0.2) is 24.3 Å². The molecule has 1 aromatic rings. The van der Waals surface area contributed by atoms with E-state index >= 15 is 0 Å². The smallest absolute Gasteiger partial charge is 0.162 e. The van der Waals surface area contributed by atoms with Gasteiger partial charge in [0.2, 0.25) is 0 Å². The normalized spacial score (nSPS) is 10.4. The van der Waals surface area contributed by atoms with Crippen LogP contribution in [0.25, 0.3) is 0 Å². The van der Waals surface area contributed by atoms with Gasteiger partial charge in [-0.15, -0.1) is 11.6 Å². The fraction of sp³-hybridized carbons (Fsp3) is 0.462. The number of ketones is 1. The van der Waals surface area contributed by atoms with Crippen molar-refractivity contribution in [2.24, 2.45) is 0 Å². The summed E-state index contributed by atoms with van der Waals surface area (Å²) in [7, 11) is 0. The second-order valence-electron chi connectivity index (χ2n) is 3.78. The van der Waals surface area contributed by atoms with Crippen LogP contribution in [0.3, 0.4) is 0 Å². The zero-order valence-corrected chi connectivity index (χ0v) is 12.1. The average Bonchev–Trinajstić information content (AvgIpc) is 2.29. The van der Waals surface area contributed by atoms with Crippen LogP contribution in [-0.4, -0.2) is 11.7 Å². The highest BCUT2D eigenvalue weighted by molar-refractivity contribution is 14.1. The Balaban J connectivity index is 2.27. The molecular weight excluding hydrogens is 334 g/mol. The molecule has 0 saturated carbocycles. The van der Waals surface area contributed by atoms with Gasteiger partial charge in [-0.25, -0.2) is 0 Å². The Morgan fingerprint density at radius 1 is 1.06 bits per heavy atom. The first-order chi connectivity index (χ1) is 7.74. The molecule has 0 aliphatic heterocycles. The Morgan fingerprint density at radius 2 is 1.69 bits per heavy atom. The van der Waals surface area contributed by atoms with E-state index in [1.165, 1.54) is 0 Å². The number of hydrogen-bond acceptors (Lipinski definition) is 1. The molecule has 1 nitrogen and oxygen atoms in total. The van der Waals surface area contributed by atoms with Crippen molar-refractivity contribution in [3.8, 4) is 0 Å². The summed E-state index contributed by atoms with van der Waals surface area (Å²) < 4.78 is 1.16. The Kier molecular flexibility index (Phi) is 7.05.